The van der Waals surface area contributed by atoms with Crippen molar-refractivity contribution in [2.24, 2.45) is 0 Å². The van der Waals surface area contributed by atoms with Gasteiger partial charge in [0.15, 0.2) is 0 Å². The highest BCUT2D eigenvalue weighted by atomic mass is 16.2. The minimum atomic E-state index is -0.431. The summed E-state index contributed by atoms with van der Waals surface area (Å²) < 4.78 is 0. The van der Waals surface area contributed by atoms with Crippen LogP contribution < -0.4 is 0 Å². The Morgan fingerprint density at radius 2 is 1.58 bits per heavy atom. The fourth-order valence-corrected chi connectivity index (χ4v) is 3.35. The van der Waals surface area contributed by atoms with E-state index in [2.05, 4.69) is 0 Å². The lowest BCUT2D eigenvalue weighted by Gasteiger charge is -2.41. The van der Waals surface area contributed by atoms with Crippen molar-refractivity contribution >= 4 is 17.7 Å². The normalized spacial score (nSPS) is 19.8. The van der Waals surface area contributed by atoms with E-state index in [0.717, 1.165) is 18.4 Å². The first-order chi connectivity index (χ1) is 11.5. The first-order valence-corrected chi connectivity index (χ1v) is 8.39. The van der Waals surface area contributed by atoms with Gasteiger partial charge < -0.3 is 14.7 Å². The fourth-order valence-electron chi connectivity index (χ4n) is 3.35. The zero-order valence-corrected chi connectivity index (χ0v) is 14.2. The third kappa shape index (κ3) is 3.13. The molecule has 2 fully saturated rings. The van der Waals surface area contributed by atoms with Crippen LogP contribution in [-0.4, -0.2) is 71.7 Å². The Labute approximate surface area is 142 Å². The van der Waals surface area contributed by atoms with E-state index >= 15 is 0 Å². The van der Waals surface area contributed by atoms with Crippen molar-refractivity contribution in [3.63, 3.8) is 0 Å². The predicted molar refractivity (Wildman–Crippen MR) is 89.5 cm³/mol. The van der Waals surface area contributed by atoms with Gasteiger partial charge in [-0.25, -0.2) is 0 Å². The van der Waals surface area contributed by atoms with Crippen LogP contribution in [0.2, 0.25) is 0 Å². The van der Waals surface area contributed by atoms with Gasteiger partial charge in [0.25, 0.3) is 5.91 Å². The molecular weight excluding hydrogens is 306 g/mol. The van der Waals surface area contributed by atoms with E-state index in [0.29, 0.717) is 31.7 Å². The highest BCUT2D eigenvalue weighted by Gasteiger charge is 2.36. The summed E-state index contributed by atoms with van der Waals surface area (Å²) in [4.78, 5) is 41.5. The molecule has 1 aromatic rings. The molecule has 0 N–H and O–H groups in total. The van der Waals surface area contributed by atoms with E-state index in [-0.39, 0.29) is 11.9 Å². The Morgan fingerprint density at radius 3 is 2.21 bits per heavy atom. The molecule has 3 rings (SSSR count). The van der Waals surface area contributed by atoms with Gasteiger partial charge in [-0.1, -0.05) is 17.7 Å². The lowest BCUT2D eigenvalue weighted by molar-refractivity contribution is -0.157. The molecule has 6 nitrogen and oxygen atoms in total. The fraction of sp³-hybridized carbons (Fsp3) is 0.500. The highest BCUT2D eigenvalue weighted by Crippen LogP contribution is 2.20. The summed E-state index contributed by atoms with van der Waals surface area (Å²) in [6.07, 6.45) is 1.45. The average molecular weight is 329 g/mol. The lowest BCUT2D eigenvalue weighted by atomic mass is 10.0. The molecule has 128 valence electrons. The smallest absolute Gasteiger partial charge is 0.312 e. The Bertz CT molecular complexity index is 648. The number of likely N-dealkylation sites (tertiary alicyclic amines) is 1. The average Bonchev–Trinajstić information content (AvgIpc) is 2.60. The van der Waals surface area contributed by atoms with Gasteiger partial charge in [-0.15, -0.1) is 0 Å². The van der Waals surface area contributed by atoms with Gasteiger partial charge in [-0.3, -0.25) is 14.4 Å². The molecule has 2 aliphatic rings. The van der Waals surface area contributed by atoms with Crippen molar-refractivity contribution in [2.75, 3.05) is 33.2 Å². The van der Waals surface area contributed by atoms with Crippen molar-refractivity contribution in [1.29, 1.82) is 0 Å². The lowest BCUT2D eigenvalue weighted by Crippen LogP contribution is -2.58. The molecule has 0 bridgehead atoms. The van der Waals surface area contributed by atoms with Crippen LogP contribution in [-0.2, 0) is 9.59 Å². The molecule has 6 heteroatoms. The molecule has 0 atom stereocenters. The standard InChI is InChI=1S/C18H23N3O3/c1-13-3-5-14(6-4-13)16(22)20-9-7-15(8-10-20)21-12-11-19(2)17(23)18(21)24/h3-6,15H,7-12H2,1-2H3. The third-order valence-corrected chi connectivity index (χ3v) is 4.96. The zero-order chi connectivity index (χ0) is 17.3. The Balaban J connectivity index is 1.59. The van der Waals surface area contributed by atoms with Crippen molar-refractivity contribution in [3.8, 4) is 0 Å². The summed E-state index contributed by atoms with van der Waals surface area (Å²) in [7, 11) is 1.65. The van der Waals surface area contributed by atoms with Gasteiger partial charge in [0.1, 0.15) is 0 Å². The molecular formula is C18H23N3O3. The van der Waals surface area contributed by atoms with Crippen LogP contribution in [0.3, 0.4) is 0 Å². The Kier molecular flexibility index (Phi) is 4.55. The summed E-state index contributed by atoms with van der Waals surface area (Å²) in [6, 6.07) is 7.64. The molecule has 0 aliphatic carbocycles. The molecule has 24 heavy (non-hydrogen) atoms. The summed E-state index contributed by atoms with van der Waals surface area (Å²) >= 11 is 0. The highest BCUT2D eigenvalue weighted by molar-refractivity contribution is 6.35. The number of rotatable bonds is 2. The van der Waals surface area contributed by atoms with Crippen molar-refractivity contribution in [2.45, 2.75) is 25.8 Å². The van der Waals surface area contributed by atoms with Crippen LogP contribution in [0.5, 0.6) is 0 Å². The van der Waals surface area contributed by atoms with E-state index in [1.165, 1.54) is 4.90 Å². The number of piperidine rings is 1. The van der Waals surface area contributed by atoms with Crippen LogP contribution in [0, 0.1) is 6.92 Å². The maximum absolute atomic E-state index is 12.5. The molecule has 1 aromatic carbocycles. The second-order valence-electron chi connectivity index (χ2n) is 6.61. The van der Waals surface area contributed by atoms with E-state index in [9.17, 15) is 14.4 Å². The second kappa shape index (κ2) is 6.63. The number of carbonyl (C=O) groups excluding carboxylic acids is 3. The maximum atomic E-state index is 12.5. The Hall–Kier alpha value is -2.37. The maximum Gasteiger partial charge on any atom is 0.312 e. The summed E-state index contributed by atoms with van der Waals surface area (Å²) in [6.45, 7) is 4.38. The number of aryl methyl sites for hydroxylation is 1. The van der Waals surface area contributed by atoms with E-state index in [4.69, 9.17) is 0 Å². The number of amides is 3. The topological polar surface area (TPSA) is 60.9 Å². The second-order valence-corrected chi connectivity index (χ2v) is 6.61. The molecule has 0 radical (unpaired) electrons. The number of carbonyl (C=O) groups is 3. The first-order valence-electron chi connectivity index (χ1n) is 8.39. The van der Waals surface area contributed by atoms with Crippen LogP contribution in [0.15, 0.2) is 24.3 Å². The number of nitrogens with zero attached hydrogens (tertiary/aromatic N) is 3. The quantitative estimate of drug-likeness (QED) is 0.758. The molecule has 0 unspecified atom stereocenters. The number of hydrogen-bond acceptors (Lipinski definition) is 3. The monoisotopic (exact) mass is 329 g/mol. The van der Waals surface area contributed by atoms with Crippen molar-refractivity contribution < 1.29 is 14.4 Å². The van der Waals surface area contributed by atoms with Crippen molar-refractivity contribution in [3.05, 3.63) is 35.4 Å². The molecule has 2 aliphatic heterocycles. The van der Waals surface area contributed by atoms with E-state index in [1.54, 1.807) is 11.9 Å². The third-order valence-electron chi connectivity index (χ3n) is 4.96. The number of benzene rings is 1. The SMILES string of the molecule is Cc1ccc(C(=O)N2CCC(N3CCN(C)C(=O)C3=O)CC2)cc1. The number of likely N-dealkylation sites (N-methyl/N-ethyl adjacent to an activating group) is 1. The molecule has 0 saturated carbocycles. The van der Waals surface area contributed by atoms with Gasteiger partial charge in [0.05, 0.1) is 0 Å². The minimum Gasteiger partial charge on any atom is -0.338 e. The number of piperazine rings is 1. The summed E-state index contributed by atoms with van der Waals surface area (Å²) in [5.41, 5.74) is 1.83. The molecule has 2 heterocycles. The van der Waals surface area contributed by atoms with E-state index in [1.807, 2.05) is 36.1 Å². The molecule has 3 amide bonds. The minimum absolute atomic E-state index is 0.0363. The molecule has 0 aromatic heterocycles. The Morgan fingerprint density at radius 1 is 0.958 bits per heavy atom. The molecule has 2 saturated heterocycles. The van der Waals surface area contributed by atoms with Crippen LogP contribution in [0.4, 0.5) is 0 Å². The summed E-state index contributed by atoms with van der Waals surface area (Å²) in [5, 5.41) is 0. The van der Waals surface area contributed by atoms with Crippen LogP contribution in [0.25, 0.3) is 0 Å². The number of hydrogen-bond donors (Lipinski definition) is 0. The van der Waals surface area contributed by atoms with Crippen molar-refractivity contribution in [1.82, 2.24) is 14.7 Å². The first kappa shape index (κ1) is 16.5. The summed E-state index contributed by atoms with van der Waals surface area (Å²) in [5.74, 6) is -0.805. The molecule has 0 spiro atoms. The zero-order valence-electron chi connectivity index (χ0n) is 14.2. The predicted octanol–water partition coefficient (Wildman–Crippen LogP) is 0.900. The van der Waals surface area contributed by atoms with E-state index < -0.39 is 11.8 Å². The van der Waals surface area contributed by atoms with Crippen LogP contribution in [0.1, 0.15) is 28.8 Å². The largest absolute Gasteiger partial charge is 0.338 e. The van der Waals surface area contributed by atoms with Gasteiger partial charge in [0.2, 0.25) is 0 Å². The van der Waals surface area contributed by atoms with Gasteiger partial charge in [0, 0.05) is 44.8 Å². The van der Waals surface area contributed by atoms with Crippen LogP contribution >= 0.6 is 0 Å². The van der Waals surface area contributed by atoms with Gasteiger partial charge >= 0.3 is 11.8 Å². The van der Waals surface area contributed by atoms with Gasteiger partial charge in [-0.05, 0) is 31.9 Å². The van der Waals surface area contributed by atoms with Gasteiger partial charge in [-0.2, -0.15) is 0 Å².